The summed E-state index contributed by atoms with van der Waals surface area (Å²) < 4.78 is 2.07. The van der Waals surface area contributed by atoms with Gasteiger partial charge in [0, 0.05) is 25.7 Å². The van der Waals surface area contributed by atoms with Gasteiger partial charge in [-0.15, -0.1) is 0 Å². The molecule has 0 N–H and O–H groups in total. The molecule has 2 aliphatic rings. The zero-order valence-corrected chi connectivity index (χ0v) is 22.4. The van der Waals surface area contributed by atoms with Crippen LogP contribution in [0.2, 0.25) is 0 Å². The highest BCUT2D eigenvalue weighted by atomic mass is 32.2. The number of hydrogen-bond acceptors (Lipinski definition) is 6. The number of rotatable bonds is 4. The van der Waals surface area contributed by atoms with Crippen LogP contribution in [-0.4, -0.2) is 32.8 Å². The molecule has 1 aromatic carbocycles. The summed E-state index contributed by atoms with van der Waals surface area (Å²) >= 11 is 6.88. The van der Waals surface area contributed by atoms with Gasteiger partial charge in [0.15, 0.2) is 0 Å². The smallest absolute Gasteiger partial charge is 0.270 e. The van der Waals surface area contributed by atoms with Gasteiger partial charge in [-0.3, -0.25) is 19.1 Å². The van der Waals surface area contributed by atoms with Crippen molar-refractivity contribution in [1.82, 2.24) is 9.47 Å². The number of thioether (sulfide) groups is 1. The molecule has 2 fully saturated rings. The molecule has 3 unspecified atom stereocenters. The number of benzene rings is 1. The summed E-state index contributed by atoms with van der Waals surface area (Å²) in [6.07, 6.45) is 2.96. The number of nitriles is 1. The van der Waals surface area contributed by atoms with Crippen LogP contribution in [0.5, 0.6) is 0 Å². The fourth-order valence-corrected chi connectivity index (χ4v) is 6.66. The molecule has 1 amide bonds. The van der Waals surface area contributed by atoms with Crippen LogP contribution in [0.25, 0.3) is 6.08 Å². The van der Waals surface area contributed by atoms with E-state index in [1.165, 1.54) is 11.8 Å². The first kappa shape index (κ1) is 25.2. The number of aromatic nitrogens is 1. The lowest BCUT2D eigenvalue weighted by molar-refractivity contribution is -0.123. The maximum atomic E-state index is 13.5. The summed E-state index contributed by atoms with van der Waals surface area (Å²) in [7, 11) is 1.71. The molecular formula is C27H30N4O2S2. The SMILES string of the molecule is Cc1c(C=C2SC(=S)N(C(C)c3ccccc3)C2=O)c(N2CC(C)CC(C)C2)n(C)c(=O)c1C#N. The molecule has 4 rings (SSSR count). The molecule has 3 atom stereocenters. The Labute approximate surface area is 216 Å². The predicted molar refractivity (Wildman–Crippen MR) is 146 cm³/mol. The maximum Gasteiger partial charge on any atom is 0.270 e. The van der Waals surface area contributed by atoms with Gasteiger partial charge in [0.25, 0.3) is 11.5 Å². The van der Waals surface area contributed by atoms with Gasteiger partial charge in [0.2, 0.25) is 0 Å². The average molecular weight is 507 g/mol. The van der Waals surface area contributed by atoms with Crippen molar-refractivity contribution < 1.29 is 4.79 Å². The number of amides is 1. The zero-order chi connectivity index (χ0) is 25.4. The third-order valence-electron chi connectivity index (χ3n) is 6.90. The number of nitrogens with zero attached hydrogens (tertiary/aromatic N) is 4. The highest BCUT2D eigenvalue weighted by Gasteiger charge is 2.37. The Morgan fingerprint density at radius 1 is 1.17 bits per heavy atom. The standard InChI is InChI=1S/C27H30N4O2S2/c1-16-11-17(2)15-30(14-16)24-21(18(3)22(13-28)25(32)29(24)5)12-23-26(33)31(27(34)35-23)19(4)20-9-7-6-8-10-20/h6-10,12,16-17,19H,11,14-15H2,1-5H3. The second-order valence-corrected chi connectivity index (χ2v) is 11.4. The van der Waals surface area contributed by atoms with E-state index in [2.05, 4.69) is 24.8 Å². The summed E-state index contributed by atoms with van der Waals surface area (Å²) in [5.41, 5.74) is 2.13. The third kappa shape index (κ3) is 4.67. The molecule has 0 radical (unpaired) electrons. The van der Waals surface area contributed by atoms with Crippen LogP contribution in [-0.2, 0) is 11.8 Å². The van der Waals surface area contributed by atoms with E-state index in [-0.39, 0.29) is 23.1 Å². The number of thiocarbonyl (C=S) groups is 1. The van der Waals surface area contributed by atoms with Gasteiger partial charge < -0.3 is 4.90 Å². The van der Waals surface area contributed by atoms with Crippen molar-refractivity contribution in [3.05, 3.63) is 67.8 Å². The van der Waals surface area contributed by atoms with Crippen LogP contribution >= 0.6 is 24.0 Å². The summed E-state index contributed by atoms with van der Waals surface area (Å²) in [6, 6.07) is 11.7. The molecular weight excluding hydrogens is 476 g/mol. The number of pyridine rings is 1. The molecule has 182 valence electrons. The maximum absolute atomic E-state index is 13.5. The summed E-state index contributed by atoms with van der Waals surface area (Å²) in [5.74, 6) is 1.55. The lowest BCUT2D eigenvalue weighted by atomic mass is 9.91. The third-order valence-corrected chi connectivity index (χ3v) is 8.23. The Morgan fingerprint density at radius 2 is 1.80 bits per heavy atom. The van der Waals surface area contributed by atoms with Gasteiger partial charge >= 0.3 is 0 Å². The summed E-state index contributed by atoms with van der Waals surface area (Å²) in [5, 5.41) is 9.73. The number of hydrogen-bond donors (Lipinski definition) is 0. The van der Waals surface area contributed by atoms with Crippen molar-refractivity contribution in [2.45, 2.75) is 40.2 Å². The lowest BCUT2D eigenvalue weighted by Gasteiger charge is -2.38. The molecule has 8 heteroatoms. The number of piperidine rings is 1. The second kappa shape index (κ2) is 10.00. The molecule has 3 heterocycles. The topological polar surface area (TPSA) is 69.3 Å². The molecule has 2 aromatic rings. The molecule has 2 aliphatic heterocycles. The van der Waals surface area contributed by atoms with Crippen LogP contribution in [0, 0.1) is 30.1 Å². The Morgan fingerprint density at radius 3 is 2.40 bits per heavy atom. The second-order valence-electron chi connectivity index (χ2n) is 9.70. The number of anilines is 1. The van der Waals surface area contributed by atoms with E-state index >= 15 is 0 Å². The Balaban J connectivity index is 1.82. The van der Waals surface area contributed by atoms with E-state index in [1.54, 1.807) is 23.4 Å². The normalized spacial score (nSPS) is 22.6. The molecule has 0 aliphatic carbocycles. The summed E-state index contributed by atoms with van der Waals surface area (Å²) in [4.78, 5) is 31.0. The first-order valence-corrected chi connectivity index (χ1v) is 13.1. The summed E-state index contributed by atoms with van der Waals surface area (Å²) in [6.45, 7) is 9.82. The van der Waals surface area contributed by atoms with Gasteiger partial charge in [0.05, 0.1) is 10.9 Å². The van der Waals surface area contributed by atoms with Crippen molar-refractivity contribution in [1.29, 1.82) is 5.26 Å². The van der Waals surface area contributed by atoms with E-state index < -0.39 is 0 Å². The van der Waals surface area contributed by atoms with Crippen LogP contribution in [0.1, 0.15) is 55.5 Å². The Kier molecular flexibility index (Phi) is 7.20. The van der Waals surface area contributed by atoms with Gasteiger partial charge in [0.1, 0.15) is 21.8 Å². The fourth-order valence-electron chi connectivity index (χ4n) is 5.26. The molecule has 0 spiro atoms. The van der Waals surface area contributed by atoms with Gasteiger partial charge in [-0.1, -0.05) is 68.2 Å². The average Bonchev–Trinajstić information content (AvgIpc) is 3.10. The van der Waals surface area contributed by atoms with Crippen molar-refractivity contribution >= 4 is 46.1 Å². The minimum atomic E-state index is -0.312. The minimum Gasteiger partial charge on any atom is -0.357 e. The number of carbonyl (C=O) groups excluding carboxylic acids is 1. The quantitative estimate of drug-likeness (QED) is 0.429. The van der Waals surface area contributed by atoms with Crippen LogP contribution in [0.3, 0.4) is 0 Å². The highest BCUT2D eigenvalue weighted by molar-refractivity contribution is 8.26. The molecule has 2 saturated heterocycles. The number of carbonyl (C=O) groups is 1. The largest absolute Gasteiger partial charge is 0.357 e. The Hall–Kier alpha value is -2.89. The van der Waals surface area contributed by atoms with Crippen LogP contribution in [0.15, 0.2) is 40.0 Å². The van der Waals surface area contributed by atoms with Gasteiger partial charge in [-0.05, 0) is 49.3 Å². The molecule has 35 heavy (non-hydrogen) atoms. The zero-order valence-electron chi connectivity index (χ0n) is 20.7. The van der Waals surface area contributed by atoms with E-state index in [0.29, 0.717) is 26.6 Å². The lowest BCUT2D eigenvalue weighted by Crippen LogP contribution is -2.42. The van der Waals surface area contributed by atoms with Crippen molar-refractivity contribution in [3.63, 3.8) is 0 Å². The van der Waals surface area contributed by atoms with E-state index in [0.717, 1.165) is 36.5 Å². The van der Waals surface area contributed by atoms with Crippen LogP contribution in [0.4, 0.5) is 5.82 Å². The highest BCUT2D eigenvalue weighted by Crippen LogP contribution is 2.40. The monoisotopic (exact) mass is 506 g/mol. The van der Waals surface area contributed by atoms with Crippen molar-refractivity contribution in [2.24, 2.45) is 18.9 Å². The van der Waals surface area contributed by atoms with Crippen molar-refractivity contribution in [2.75, 3.05) is 18.0 Å². The minimum absolute atomic E-state index is 0.105. The van der Waals surface area contributed by atoms with Gasteiger partial charge in [-0.2, -0.15) is 5.26 Å². The van der Waals surface area contributed by atoms with E-state index in [9.17, 15) is 14.9 Å². The molecule has 1 aromatic heterocycles. The van der Waals surface area contributed by atoms with E-state index in [1.807, 2.05) is 43.3 Å². The van der Waals surface area contributed by atoms with Crippen molar-refractivity contribution in [3.8, 4) is 6.07 Å². The first-order chi connectivity index (χ1) is 16.6. The molecule has 0 saturated carbocycles. The molecule has 6 nitrogen and oxygen atoms in total. The Bertz CT molecular complexity index is 1300. The first-order valence-electron chi connectivity index (χ1n) is 11.8. The van der Waals surface area contributed by atoms with Crippen LogP contribution < -0.4 is 10.5 Å². The predicted octanol–water partition coefficient (Wildman–Crippen LogP) is 5.01. The molecule has 0 bridgehead atoms. The van der Waals surface area contributed by atoms with Gasteiger partial charge in [-0.25, -0.2) is 0 Å². The van der Waals surface area contributed by atoms with E-state index in [4.69, 9.17) is 12.2 Å². The fraction of sp³-hybridized carbons (Fsp3) is 0.407.